The zero-order valence-corrected chi connectivity index (χ0v) is 12.9. The molecule has 1 saturated carbocycles. The van der Waals surface area contributed by atoms with E-state index in [-0.39, 0.29) is 5.91 Å². The van der Waals surface area contributed by atoms with Crippen LogP contribution in [0.4, 0.5) is 0 Å². The Morgan fingerprint density at radius 1 is 1.24 bits per heavy atom. The van der Waals surface area contributed by atoms with Gasteiger partial charge in [-0.1, -0.05) is 38.3 Å². The molecule has 1 atom stereocenters. The molecule has 0 saturated heterocycles. The third kappa shape index (κ3) is 4.38. The maximum absolute atomic E-state index is 12.4. The van der Waals surface area contributed by atoms with E-state index in [4.69, 9.17) is 9.47 Å². The van der Waals surface area contributed by atoms with Gasteiger partial charge in [-0.15, -0.1) is 0 Å². The van der Waals surface area contributed by atoms with Crippen LogP contribution in [-0.2, 0) is 4.79 Å². The molecule has 4 nitrogen and oxygen atoms in total. The van der Waals surface area contributed by atoms with Crippen molar-refractivity contribution in [1.82, 2.24) is 5.32 Å². The number of amides is 1. The third-order valence-electron chi connectivity index (χ3n) is 3.95. The first-order valence-corrected chi connectivity index (χ1v) is 7.84. The molecule has 2 rings (SSSR count). The van der Waals surface area contributed by atoms with Gasteiger partial charge in [0.2, 0.25) is 0 Å². The van der Waals surface area contributed by atoms with Crippen LogP contribution in [0.3, 0.4) is 0 Å². The highest BCUT2D eigenvalue weighted by Gasteiger charge is 2.23. The standard InChI is InChI=1S/C17H25NO3/c1-3-14(17(19)18-13-9-5-4-6-10-13)21-16-12-8-7-11-15(16)20-2/h7-8,11-14H,3-6,9-10H2,1-2H3,(H,18,19). The highest BCUT2D eigenvalue weighted by atomic mass is 16.5. The smallest absolute Gasteiger partial charge is 0.261 e. The topological polar surface area (TPSA) is 47.6 Å². The average molecular weight is 291 g/mol. The van der Waals surface area contributed by atoms with Crippen LogP contribution in [0.2, 0.25) is 0 Å². The summed E-state index contributed by atoms with van der Waals surface area (Å²) in [5, 5.41) is 3.12. The van der Waals surface area contributed by atoms with Gasteiger partial charge in [-0.05, 0) is 31.4 Å². The summed E-state index contributed by atoms with van der Waals surface area (Å²) in [6.45, 7) is 1.96. The predicted molar refractivity (Wildman–Crippen MR) is 82.7 cm³/mol. The molecule has 0 aliphatic heterocycles. The van der Waals surface area contributed by atoms with Crippen molar-refractivity contribution in [2.24, 2.45) is 0 Å². The van der Waals surface area contributed by atoms with Crippen molar-refractivity contribution in [3.63, 3.8) is 0 Å². The SMILES string of the molecule is CCC(Oc1ccccc1OC)C(=O)NC1CCCCC1. The van der Waals surface area contributed by atoms with Crippen molar-refractivity contribution in [2.45, 2.75) is 57.6 Å². The fraction of sp³-hybridized carbons (Fsp3) is 0.588. The maximum atomic E-state index is 12.4. The van der Waals surface area contributed by atoms with E-state index < -0.39 is 6.10 Å². The van der Waals surface area contributed by atoms with Gasteiger partial charge in [0, 0.05) is 6.04 Å². The molecule has 1 fully saturated rings. The molecule has 0 bridgehead atoms. The summed E-state index contributed by atoms with van der Waals surface area (Å²) in [6, 6.07) is 7.73. The number of carbonyl (C=O) groups excluding carboxylic acids is 1. The molecule has 1 N–H and O–H groups in total. The number of hydrogen-bond acceptors (Lipinski definition) is 3. The molecule has 4 heteroatoms. The van der Waals surface area contributed by atoms with E-state index in [9.17, 15) is 4.79 Å². The second-order valence-electron chi connectivity index (χ2n) is 5.51. The highest BCUT2D eigenvalue weighted by Crippen LogP contribution is 2.27. The molecule has 21 heavy (non-hydrogen) atoms. The van der Waals surface area contributed by atoms with E-state index >= 15 is 0 Å². The molecule has 1 aliphatic carbocycles. The second kappa shape index (κ2) is 7.91. The number of benzene rings is 1. The van der Waals surface area contributed by atoms with Gasteiger partial charge in [0.25, 0.3) is 5.91 Å². The van der Waals surface area contributed by atoms with E-state index in [0.717, 1.165) is 12.8 Å². The van der Waals surface area contributed by atoms with E-state index in [0.29, 0.717) is 24.0 Å². The van der Waals surface area contributed by atoms with Crippen LogP contribution >= 0.6 is 0 Å². The molecule has 1 aromatic rings. The predicted octanol–water partition coefficient (Wildman–Crippen LogP) is 3.30. The Labute approximate surface area is 126 Å². The van der Waals surface area contributed by atoms with Gasteiger partial charge in [-0.3, -0.25) is 4.79 Å². The fourth-order valence-electron chi connectivity index (χ4n) is 2.73. The summed E-state index contributed by atoms with van der Waals surface area (Å²) in [6.07, 6.45) is 6.01. The van der Waals surface area contributed by atoms with Gasteiger partial charge in [0.1, 0.15) is 0 Å². The highest BCUT2D eigenvalue weighted by molar-refractivity contribution is 5.81. The minimum atomic E-state index is -0.469. The second-order valence-corrected chi connectivity index (χ2v) is 5.51. The molecule has 1 amide bonds. The van der Waals surface area contributed by atoms with Gasteiger partial charge in [-0.25, -0.2) is 0 Å². The minimum Gasteiger partial charge on any atom is -0.493 e. The number of carbonyl (C=O) groups is 1. The quantitative estimate of drug-likeness (QED) is 0.874. The van der Waals surface area contributed by atoms with E-state index in [1.807, 2.05) is 31.2 Å². The Balaban J connectivity index is 1.96. The average Bonchev–Trinajstić information content (AvgIpc) is 2.53. The number of hydrogen-bond donors (Lipinski definition) is 1. The fourth-order valence-corrected chi connectivity index (χ4v) is 2.73. The maximum Gasteiger partial charge on any atom is 0.261 e. The number of nitrogens with one attached hydrogen (secondary N) is 1. The lowest BCUT2D eigenvalue weighted by atomic mass is 9.95. The lowest BCUT2D eigenvalue weighted by Gasteiger charge is -2.25. The Morgan fingerprint density at radius 2 is 1.90 bits per heavy atom. The van der Waals surface area contributed by atoms with Crippen LogP contribution in [0.5, 0.6) is 11.5 Å². The number of ether oxygens (including phenoxy) is 2. The van der Waals surface area contributed by atoms with Crippen LogP contribution in [0.25, 0.3) is 0 Å². The molecule has 1 unspecified atom stereocenters. The first kappa shape index (κ1) is 15.7. The molecule has 0 aromatic heterocycles. The summed E-state index contributed by atoms with van der Waals surface area (Å²) in [5.41, 5.74) is 0. The molecule has 116 valence electrons. The van der Waals surface area contributed by atoms with Gasteiger partial charge in [0.05, 0.1) is 7.11 Å². The summed E-state index contributed by atoms with van der Waals surface area (Å²) in [7, 11) is 1.60. The Morgan fingerprint density at radius 3 is 2.52 bits per heavy atom. The van der Waals surface area contributed by atoms with Gasteiger partial charge >= 0.3 is 0 Å². The minimum absolute atomic E-state index is 0.0182. The molecular formula is C17H25NO3. The number of para-hydroxylation sites is 2. The van der Waals surface area contributed by atoms with E-state index in [1.165, 1.54) is 19.3 Å². The molecule has 0 heterocycles. The van der Waals surface area contributed by atoms with Gasteiger partial charge in [0.15, 0.2) is 17.6 Å². The molecular weight excluding hydrogens is 266 g/mol. The van der Waals surface area contributed by atoms with Crippen LogP contribution in [-0.4, -0.2) is 25.2 Å². The summed E-state index contributed by atoms with van der Waals surface area (Å²) < 4.78 is 11.1. The third-order valence-corrected chi connectivity index (χ3v) is 3.95. The molecule has 0 spiro atoms. The zero-order chi connectivity index (χ0) is 15.1. The summed E-state index contributed by atoms with van der Waals surface area (Å²) in [5.74, 6) is 1.25. The monoisotopic (exact) mass is 291 g/mol. The lowest BCUT2D eigenvalue weighted by Crippen LogP contribution is -2.44. The molecule has 1 aliphatic rings. The van der Waals surface area contributed by atoms with Crippen LogP contribution in [0.15, 0.2) is 24.3 Å². The van der Waals surface area contributed by atoms with Crippen molar-refractivity contribution in [3.05, 3.63) is 24.3 Å². The molecule has 0 radical (unpaired) electrons. The normalized spacial score (nSPS) is 17.0. The number of methoxy groups -OCH3 is 1. The number of rotatable bonds is 6. The summed E-state index contributed by atoms with van der Waals surface area (Å²) in [4.78, 5) is 12.4. The van der Waals surface area contributed by atoms with Crippen LogP contribution < -0.4 is 14.8 Å². The Bertz CT molecular complexity index is 455. The van der Waals surface area contributed by atoms with Crippen molar-refractivity contribution in [3.8, 4) is 11.5 Å². The van der Waals surface area contributed by atoms with Crippen molar-refractivity contribution >= 4 is 5.91 Å². The summed E-state index contributed by atoms with van der Waals surface area (Å²) >= 11 is 0. The first-order chi connectivity index (χ1) is 10.2. The van der Waals surface area contributed by atoms with E-state index in [1.54, 1.807) is 7.11 Å². The van der Waals surface area contributed by atoms with Crippen molar-refractivity contribution < 1.29 is 14.3 Å². The van der Waals surface area contributed by atoms with Crippen molar-refractivity contribution in [1.29, 1.82) is 0 Å². The zero-order valence-electron chi connectivity index (χ0n) is 12.9. The van der Waals surface area contributed by atoms with Crippen LogP contribution in [0.1, 0.15) is 45.4 Å². The van der Waals surface area contributed by atoms with Crippen LogP contribution in [0, 0.1) is 0 Å². The van der Waals surface area contributed by atoms with Gasteiger partial charge < -0.3 is 14.8 Å². The Hall–Kier alpha value is -1.71. The van der Waals surface area contributed by atoms with E-state index in [2.05, 4.69) is 5.32 Å². The molecule has 1 aromatic carbocycles. The van der Waals surface area contributed by atoms with Crippen molar-refractivity contribution in [2.75, 3.05) is 7.11 Å². The lowest BCUT2D eigenvalue weighted by molar-refractivity contribution is -0.129. The first-order valence-electron chi connectivity index (χ1n) is 7.84. The Kier molecular flexibility index (Phi) is 5.90. The van der Waals surface area contributed by atoms with Gasteiger partial charge in [-0.2, -0.15) is 0 Å². The largest absolute Gasteiger partial charge is 0.493 e.